The first-order chi connectivity index (χ1) is 17.6. The highest BCUT2D eigenvalue weighted by Crippen LogP contribution is 2.39. The lowest BCUT2D eigenvalue weighted by Crippen LogP contribution is -2.14. The van der Waals surface area contributed by atoms with Crippen molar-refractivity contribution in [3.05, 3.63) is 88.1 Å². The van der Waals surface area contributed by atoms with Crippen LogP contribution in [0.5, 0.6) is 0 Å². The zero-order valence-corrected chi connectivity index (χ0v) is 20.6. The number of carboxylic acid groups (broad SMARTS) is 1. The van der Waals surface area contributed by atoms with Crippen LogP contribution in [0.3, 0.4) is 0 Å². The predicted molar refractivity (Wildman–Crippen MR) is 138 cm³/mol. The average molecular weight is 529 g/mol. The lowest BCUT2D eigenvalue weighted by molar-refractivity contribution is -0.137. The molecule has 0 aliphatic rings. The molecule has 0 saturated heterocycles. The van der Waals surface area contributed by atoms with E-state index in [4.69, 9.17) is 11.6 Å². The van der Waals surface area contributed by atoms with Crippen LogP contribution in [0.4, 0.5) is 18.9 Å². The molecule has 0 aliphatic carbocycles. The first kappa shape index (κ1) is 26.3. The number of hydrogen-bond donors (Lipinski definition) is 3. The van der Waals surface area contributed by atoms with Crippen LogP contribution in [-0.2, 0) is 17.4 Å². The summed E-state index contributed by atoms with van der Waals surface area (Å²) in [5, 5.41) is 13.6. The number of alkyl halides is 3. The molecule has 3 aromatic carbocycles. The Bertz CT molecular complexity index is 1460. The van der Waals surface area contributed by atoms with Gasteiger partial charge in [0.2, 0.25) is 5.91 Å². The number of anilines is 1. The number of carbonyl (C=O) groups excluding carboxylic acids is 1. The highest BCUT2D eigenvalue weighted by atomic mass is 35.5. The Labute approximate surface area is 216 Å². The van der Waals surface area contributed by atoms with Gasteiger partial charge in [-0.1, -0.05) is 55.3 Å². The number of aromatic carboxylic acids is 1. The summed E-state index contributed by atoms with van der Waals surface area (Å²) in [6.45, 7) is 1.95. The molecule has 0 aliphatic heterocycles. The second kappa shape index (κ2) is 10.7. The molecule has 1 heterocycles. The fourth-order valence-corrected chi connectivity index (χ4v) is 4.54. The Morgan fingerprint density at radius 2 is 1.78 bits per heavy atom. The molecule has 5 nitrogen and oxygen atoms in total. The van der Waals surface area contributed by atoms with E-state index in [-0.39, 0.29) is 23.7 Å². The molecule has 1 amide bonds. The number of halogens is 4. The van der Waals surface area contributed by atoms with E-state index in [1.54, 1.807) is 30.3 Å². The molecule has 0 radical (unpaired) electrons. The number of amides is 1. The zero-order chi connectivity index (χ0) is 26.7. The van der Waals surface area contributed by atoms with Crippen LogP contribution in [0.15, 0.2) is 60.7 Å². The standard InChI is InChI=1S/C28H24ClF3N2O3/c1-2-3-7-23(35)34-25-24-21(15-16-5-4-6-19(29)14-16)20(12-13-22(24)33-26(25)27(36)37)17-8-10-18(11-9-17)28(30,31)32/h4-6,8-14,33H,2-3,7,15H2,1H3,(H,34,35)(H,36,37). The monoisotopic (exact) mass is 528 g/mol. The van der Waals surface area contributed by atoms with Crippen molar-refractivity contribution in [3.63, 3.8) is 0 Å². The number of hydrogen-bond acceptors (Lipinski definition) is 2. The van der Waals surface area contributed by atoms with E-state index in [1.807, 2.05) is 13.0 Å². The normalized spacial score (nSPS) is 11.6. The second-order valence-electron chi connectivity index (χ2n) is 8.73. The van der Waals surface area contributed by atoms with Gasteiger partial charge in [-0.2, -0.15) is 13.2 Å². The van der Waals surface area contributed by atoms with Gasteiger partial charge in [0.05, 0.1) is 11.3 Å². The summed E-state index contributed by atoms with van der Waals surface area (Å²) in [6, 6.07) is 15.3. The Morgan fingerprint density at radius 3 is 2.41 bits per heavy atom. The van der Waals surface area contributed by atoms with Gasteiger partial charge < -0.3 is 15.4 Å². The molecule has 192 valence electrons. The van der Waals surface area contributed by atoms with Gasteiger partial charge in [0.1, 0.15) is 5.69 Å². The molecule has 4 aromatic rings. The number of carbonyl (C=O) groups is 2. The number of unbranched alkanes of at least 4 members (excludes halogenated alkanes) is 1. The number of aromatic amines is 1. The molecule has 0 atom stereocenters. The highest BCUT2D eigenvalue weighted by Gasteiger charge is 2.30. The molecule has 1 aromatic heterocycles. The minimum absolute atomic E-state index is 0.134. The first-order valence-electron chi connectivity index (χ1n) is 11.7. The lowest BCUT2D eigenvalue weighted by Gasteiger charge is -2.15. The van der Waals surface area contributed by atoms with Gasteiger partial charge in [-0.05, 0) is 65.4 Å². The molecular weight excluding hydrogens is 505 g/mol. The first-order valence-corrected chi connectivity index (χ1v) is 12.1. The van der Waals surface area contributed by atoms with E-state index in [2.05, 4.69) is 10.3 Å². The summed E-state index contributed by atoms with van der Waals surface area (Å²) < 4.78 is 39.5. The number of carboxylic acids is 1. The smallest absolute Gasteiger partial charge is 0.416 e. The highest BCUT2D eigenvalue weighted by molar-refractivity contribution is 6.30. The van der Waals surface area contributed by atoms with Crippen LogP contribution >= 0.6 is 11.6 Å². The minimum atomic E-state index is -4.47. The molecule has 0 saturated carbocycles. The van der Waals surface area contributed by atoms with Crippen LogP contribution in [0.2, 0.25) is 5.02 Å². The van der Waals surface area contributed by atoms with Crippen LogP contribution in [0.1, 0.15) is 53.4 Å². The van der Waals surface area contributed by atoms with E-state index < -0.39 is 17.7 Å². The Morgan fingerprint density at radius 1 is 1.05 bits per heavy atom. The van der Waals surface area contributed by atoms with Crippen molar-refractivity contribution in [1.82, 2.24) is 4.98 Å². The molecular formula is C28H24ClF3N2O3. The SMILES string of the molecule is CCCCC(=O)Nc1c(C(=O)O)[nH]c2ccc(-c3ccc(C(F)(F)F)cc3)c(Cc3cccc(Cl)c3)c12. The molecule has 3 N–H and O–H groups in total. The Balaban J connectivity index is 1.95. The van der Waals surface area contributed by atoms with Crippen LogP contribution < -0.4 is 5.32 Å². The third-order valence-electron chi connectivity index (χ3n) is 6.10. The van der Waals surface area contributed by atoms with Crippen molar-refractivity contribution < 1.29 is 27.9 Å². The van der Waals surface area contributed by atoms with Crippen molar-refractivity contribution >= 4 is 40.1 Å². The lowest BCUT2D eigenvalue weighted by atomic mass is 9.91. The quantitative estimate of drug-likeness (QED) is 0.217. The van der Waals surface area contributed by atoms with Gasteiger partial charge in [0.15, 0.2) is 0 Å². The zero-order valence-electron chi connectivity index (χ0n) is 19.9. The molecule has 9 heteroatoms. The van der Waals surface area contributed by atoms with E-state index >= 15 is 0 Å². The number of aromatic nitrogens is 1. The maximum absolute atomic E-state index is 13.2. The third-order valence-corrected chi connectivity index (χ3v) is 6.34. The minimum Gasteiger partial charge on any atom is -0.477 e. The largest absolute Gasteiger partial charge is 0.477 e. The van der Waals surface area contributed by atoms with Crippen molar-refractivity contribution in [1.29, 1.82) is 0 Å². The number of H-pyrrole nitrogens is 1. The van der Waals surface area contributed by atoms with Crippen LogP contribution in [0.25, 0.3) is 22.0 Å². The summed E-state index contributed by atoms with van der Waals surface area (Å²) in [6.07, 6.45) is -2.51. The van der Waals surface area contributed by atoms with E-state index in [0.29, 0.717) is 45.5 Å². The molecule has 4 rings (SSSR count). The Hall–Kier alpha value is -3.78. The van der Waals surface area contributed by atoms with Gasteiger partial charge in [-0.25, -0.2) is 4.79 Å². The summed E-state index contributed by atoms with van der Waals surface area (Å²) in [7, 11) is 0. The fraction of sp³-hybridized carbons (Fsp3) is 0.214. The number of nitrogens with one attached hydrogen (secondary N) is 2. The van der Waals surface area contributed by atoms with Gasteiger partial charge in [0.25, 0.3) is 0 Å². The van der Waals surface area contributed by atoms with E-state index in [0.717, 1.165) is 24.1 Å². The van der Waals surface area contributed by atoms with Gasteiger partial charge in [-0.3, -0.25) is 4.79 Å². The topological polar surface area (TPSA) is 82.2 Å². The van der Waals surface area contributed by atoms with Crippen LogP contribution in [0, 0.1) is 0 Å². The Kier molecular flexibility index (Phi) is 7.59. The van der Waals surface area contributed by atoms with Gasteiger partial charge in [-0.15, -0.1) is 0 Å². The number of rotatable bonds is 8. The van der Waals surface area contributed by atoms with Gasteiger partial charge >= 0.3 is 12.1 Å². The second-order valence-corrected chi connectivity index (χ2v) is 9.16. The molecule has 0 unspecified atom stereocenters. The molecule has 0 bridgehead atoms. The molecule has 0 spiro atoms. The maximum atomic E-state index is 13.2. The predicted octanol–water partition coefficient (Wildman–Crippen LogP) is 7.92. The van der Waals surface area contributed by atoms with Gasteiger partial charge in [0, 0.05) is 22.3 Å². The summed E-state index contributed by atoms with van der Waals surface area (Å²) in [5.74, 6) is -1.56. The van der Waals surface area contributed by atoms with E-state index in [1.165, 1.54) is 12.1 Å². The van der Waals surface area contributed by atoms with Crippen LogP contribution in [-0.4, -0.2) is 22.0 Å². The number of fused-ring (bicyclic) bond motifs is 1. The number of benzene rings is 3. The molecule has 37 heavy (non-hydrogen) atoms. The third kappa shape index (κ3) is 5.80. The maximum Gasteiger partial charge on any atom is 0.416 e. The summed E-state index contributed by atoms with van der Waals surface area (Å²) in [4.78, 5) is 27.6. The molecule has 0 fully saturated rings. The summed E-state index contributed by atoms with van der Waals surface area (Å²) in [5.41, 5.74) is 2.27. The van der Waals surface area contributed by atoms with E-state index in [9.17, 15) is 27.9 Å². The van der Waals surface area contributed by atoms with Crippen molar-refractivity contribution in [3.8, 4) is 11.1 Å². The summed E-state index contributed by atoms with van der Waals surface area (Å²) >= 11 is 6.19. The fourth-order valence-electron chi connectivity index (χ4n) is 4.33. The van der Waals surface area contributed by atoms with Crippen molar-refractivity contribution in [2.24, 2.45) is 0 Å². The van der Waals surface area contributed by atoms with Crippen molar-refractivity contribution in [2.45, 2.75) is 38.8 Å². The van der Waals surface area contributed by atoms with Crippen molar-refractivity contribution in [2.75, 3.05) is 5.32 Å². The average Bonchev–Trinajstić information content (AvgIpc) is 3.21.